The van der Waals surface area contributed by atoms with Crippen LogP contribution >= 0.6 is 0 Å². The molecule has 0 spiro atoms. The molecule has 106 valence electrons. The summed E-state index contributed by atoms with van der Waals surface area (Å²) in [6.45, 7) is 2.10. The summed E-state index contributed by atoms with van der Waals surface area (Å²) >= 11 is 0. The Morgan fingerprint density at radius 3 is 2.45 bits per heavy atom. The molecule has 0 N–H and O–H groups in total. The van der Waals surface area contributed by atoms with E-state index in [1.165, 1.54) is 5.56 Å². The van der Waals surface area contributed by atoms with Gasteiger partial charge in [-0.3, -0.25) is 4.98 Å². The fourth-order valence-electron chi connectivity index (χ4n) is 2.83. The van der Waals surface area contributed by atoms with Crippen molar-refractivity contribution in [3.63, 3.8) is 0 Å². The predicted molar refractivity (Wildman–Crippen MR) is 89.0 cm³/mol. The van der Waals surface area contributed by atoms with E-state index in [4.69, 9.17) is 0 Å². The van der Waals surface area contributed by atoms with E-state index in [1.807, 2.05) is 53.5 Å². The first-order valence-electron chi connectivity index (χ1n) is 7.29. The highest BCUT2D eigenvalue weighted by Gasteiger charge is 2.12. The molecule has 0 fully saturated rings. The summed E-state index contributed by atoms with van der Waals surface area (Å²) < 4.78 is 1.98. The van der Waals surface area contributed by atoms with Crippen molar-refractivity contribution in [2.75, 3.05) is 0 Å². The summed E-state index contributed by atoms with van der Waals surface area (Å²) in [6, 6.07) is 20.5. The largest absolute Gasteiger partial charge is 0.256 e. The van der Waals surface area contributed by atoms with Crippen LogP contribution in [0.3, 0.4) is 0 Å². The van der Waals surface area contributed by atoms with Crippen molar-refractivity contribution in [3.05, 3.63) is 78.8 Å². The molecule has 0 atom stereocenters. The van der Waals surface area contributed by atoms with Crippen LogP contribution in [0.5, 0.6) is 0 Å². The Morgan fingerprint density at radius 2 is 1.59 bits per heavy atom. The quantitative estimate of drug-likeness (QED) is 0.546. The molecule has 0 aliphatic rings. The number of aromatic nitrogens is 3. The molecule has 0 amide bonds. The predicted octanol–water partition coefficient (Wildman–Crippen LogP) is 4.40. The summed E-state index contributed by atoms with van der Waals surface area (Å²) in [4.78, 5) is 4.43. The van der Waals surface area contributed by atoms with E-state index in [2.05, 4.69) is 41.3 Å². The standard InChI is InChI=1S/C19H15N3/c1-14-18(13-21-22(14)15-7-3-2-4-8-15)16-11-12-20-19-10-6-5-9-17(16)19/h2-13H,1H3. The smallest absolute Gasteiger partial charge is 0.0708 e. The summed E-state index contributed by atoms with van der Waals surface area (Å²) in [5.74, 6) is 0. The summed E-state index contributed by atoms with van der Waals surface area (Å²) in [5.41, 5.74) is 5.52. The van der Waals surface area contributed by atoms with Gasteiger partial charge in [0.15, 0.2) is 0 Å². The maximum absolute atomic E-state index is 4.57. The van der Waals surface area contributed by atoms with Crippen molar-refractivity contribution in [1.82, 2.24) is 14.8 Å². The van der Waals surface area contributed by atoms with Crippen molar-refractivity contribution < 1.29 is 0 Å². The molecular weight excluding hydrogens is 270 g/mol. The Morgan fingerprint density at radius 1 is 0.818 bits per heavy atom. The van der Waals surface area contributed by atoms with E-state index in [1.54, 1.807) is 0 Å². The molecule has 2 heterocycles. The van der Waals surface area contributed by atoms with Crippen molar-refractivity contribution in [1.29, 1.82) is 0 Å². The number of fused-ring (bicyclic) bond motifs is 1. The average molecular weight is 285 g/mol. The molecule has 0 bridgehead atoms. The Kier molecular flexibility index (Phi) is 2.97. The maximum Gasteiger partial charge on any atom is 0.0708 e. The summed E-state index contributed by atoms with van der Waals surface area (Å²) in [7, 11) is 0. The van der Waals surface area contributed by atoms with Crippen LogP contribution in [0.1, 0.15) is 5.69 Å². The summed E-state index contributed by atoms with van der Waals surface area (Å²) in [6.07, 6.45) is 3.79. The van der Waals surface area contributed by atoms with Gasteiger partial charge in [-0.25, -0.2) is 4.68 Å². The third-order valence-electron chi connectivity index (χ3n) is 3.95. The number of hydrogen-bond acceptors (Lipinski definition) is 2. The lowest BCUT2D eigenvalue weighted by molar-refractivity contribution is 0.847. The van der Waals surface area contributed by atoms with Gasteiger partial charge in [-0.05, 0) is 36.8 Å². The van der Waals surface area contributed by atoms with Gasteiger partial charge in [-0.1, -0.05) is 36.4 Å². The molecule has 4 rings (SSSR count). The van der Waals surface area contributed by atoms with Gasteiger partial charge in [-0.2, -0.15) is 5.10 Å². The molecule has 2 aromatic heterocycles. The first kappa shape index (κ1) is 12.8. The zero-order valence-electron chi connectivity index (χ0n) is 12.3. The van der Waals surface area contributed by atoms with Crippen molar-refractivity contribution in [2.24, 2.45) is 0 Å². The highest BCUT2D eigenvalue weighted by molar-refractivity contribution is 5.94. The number of rotatable bonds is 2. The molecule has 22 heavy (non-hydrogen) atoms. The molecule has 0 aliphatic carbocycles. The zero-order chi connectivity index (χ0) is 14.9. The van der Waals surface area contributed by atoms with Crippen LogP contribution in [-0.4, -0.2) is 14.8 Å². The first-order chi connectivity index (χ1) is 10.8. The van der Waals surface area contributed by atoms with Gasteiger partial charge in [0.25, 0.3) is 0 Å². The zero-order valence-corrected chi connectivity index (χ0v) is 12.3. The molecule has 0 radical (unpaired) electrons. The second-order valence-corrected chi connectivity index (χ2v) is 5.27. The van der Waals surface area contributed by atoms with Gasteiger partial charge in [0, 0.05) is 22.8 Å². The average Bonchev–Trinajstić information content (AvgIpc) is 2.96. The van der Waals surface area contributed by atoms with E-state index in [-0.39, 0.29) is 0 Å². The van der Waals surface area contributed by atoms with Crippen LogP contribution < -0.4 is 0 Å². The van der Waals surface area contributed by atoms with Crippen LogP contribution in [0.4, 0.5) is 0 Å². The SMILES string of the molecule is Cc1c(-c2ccnc3ccccc23)cnn1-c1ccccc1. The third kappa shape index (κ3) is 1.99. The minimum absolute atomic E-state index is 1.01. The minimum Gasteiger partial charge on any atom is -0.256 e. The Bertz CT molecular complexity index is 934. The minimum atomic E-state index is 1.01. The highest BCUT2D eigenvalue weighted by Crippen LogP contribution is 2.30. The van der Waals surface area contributed by atoms with Gasteiger partial charge in [0.05, 0.1) is 17.4 Å². The van der Waals surface area contributed by atoms with E-state index in [0.29, 0.717) is 0 Å². The van der Waals surface area contributed by atoms with E-state index in [0.717, 1.165) is 27.8 Å². The molecule has 0 unspecified atom stereocenters. The van der Waals surface area contributed by atoms with Gasteiger partial charge >= 0.3 is 0 Å². The van der Waals surface area contributed by atoms with E-state index >= 15 is 0 Å². The fraction of sp³-hybridized carbons (Fsp3) is 0.0526. The van der Waals surface area contributed by atoms with Gasteiger partial charge < -0.3 is 0 Å². The van der Waals surface area contributed by atoms with Gasteiger partial charge in [0.1, 0.15) is 0 Å². The molecule has 2 aromatic carbocycles. The molecule has 3 nitrogen and oxygen atoms in total. The second-order valence-electron chi connectivity index (χ2n) is 5.27. The highest BCUT2D eigenvalue weighted by atomic mass is 15.3. The molecule has 0 saturated heterocycles. The monoisotopic (exact) mass is 285 g/mol. The molecule has 3 heteroatoms. The van der Waals surface area contributed by atoms with Crippen LogP contribution in [0, 0.1) is 6.92 Å². The lowest BCUT2D eigenvalue weighted by atomic mass is 10.0. The molecule has 4 aromatic rings. The molecule has 0 saturated carbocycles. The number of pyridine rings is 1. The van der Waals surface area contributed by atoms with E-state index in [9.17, 15) is 0 Å². The van der Waals surface area contributed by atoms with Crippen LogP contribution in [0.2, 0.25) is 0 Å². The number of benzene rings is 2. The Balaban J connectivity index is 1.92. The molecule has 0 aliphatic heterocycles. The first-order valence-corrected chi connectivity index (χ1v) is 7.29. The fourth-order valence-corrected chi connectivity index (χ4v) is 2.83. The van der Waals surface area contributed by atoms with Crippen LogP contribution in [-0.2, 0) is 0 Å². The maximum atomic E-state index is 4.57. The van der Waals surface area contributed by atoms with Gasteiger partial charge in [-0.15, -0.1) is 0 Å². The lowest BCUT2D eigenvalue weighted by Crippen LogP contribution is -1.98. The van der Waals surface area contributed by atoms with Crippen LogP contribution in [0.25, 0.3) is 27.7 Å². The number of para-hydroxylation sites is 2. The van der Waals surface area contributed by atoms with Crippen molar-refractivity contribution >= 4 is 10.9 Å². The topological polar surface area (TPSA) is 30.7 Å². The molecular formula is C19H15N3. The van der Waals surface area contributed by atoms with Crippen LogP contribution in [0.15, 0.2) is 73.1 Å². The van der Waals surface area contributed by atoms with Gasteiger partial charge in [0.2, 0.25) is 0 Å². The Labute approximate surface area is 128 Å². The number of nitrogens with zero attached hydrogens (tertiary/aromatic N) is 3. The lowest BCUT2D eigenvalue weighted by Gasteiger charge is -2.07. The van der Waals surface area contributed by atoms with Crippen molar-refractivity contribution in [2.45, 2.75) is 6.92 Å². The normalized spacial score (nSPS) is 11.0. The van der Waals surface area contributed by atoms with Crippen molar-refractivity contribution in [3.8, 4) is 16.8 Å². The number of hydrogen-bond donors (Lipinski definition) is 0. The Hall–Kier alpha value is -2.94. The second kappa shape index (κ2) is 5.11. The van der Waals surface area contributed by atoms with E-state index < -0.39 is 0 Å². The third-order valence-corrected chi connectivity index (χ3v) is 3.95. The summed E-state index contributed by atoms with van der Waals surface area (Å²) in [5, 5.41) is 5.72.